The molecule has 0 saturated heterocycles. The van der Waals surface area contributed by atoms with Gasteiger partial charge in [0.1, 0.15) is 17.1 Å². The molecule has 1 aromatic rings. The lowest BCUT2D eigenvalue weighted by Gasteiger charge is -2.09. The zero-order chi connectivity index (χ0) is 13.7. The molecule has 0 unspecified atom stereocenters. The number of carbonyl (C=O) groups is 2. The highest BCUT2D eigenvalue weighted by Gasteiger charge is 2.14. The standard InChI is InChI=1S/C13H14O5.ClH/c1-4-17-11-7-9(18-13(16)8(2)3)5-6-10(11)12(14)15;/h5-7H,2,4H2,1,3H3,(H,14,15);1H. The molecular weight excluding hydrogens is 272 g/mol. The number of rotatable bonds is 5. The number of hydrogen-bond donors (Lipinski definition) is 1. The summed E-state index contributed by atoms with van der Waals surface area (Å²) in [7, 11) is 0. The van der Waals surface area contributed by atoms with Crippen molar-refractivity contribution in [2.45, 2.75) is 13.8 Å². The number of aromatic carboxylic acids is 1. The van der Waals surface area contributed by atoms with Gasteiger partial charge in [0, 0.05) is 11.6 Å². The molecule has 0 fully saturated rings. The van der Waals surface area contributed by atoms with Crippen LogP contribution in [-0.2, 0) is 4.79 Å². The molecular formula is C13H15ClO5. The number of carboxylic acids is 1. The van der Waals surface area contributed by atoms with Gasteiger partial charge in [-0.1, -0.05) is 6.58 Å². The highest BCUT2D eigenvalue weighted by molar-refractivity contribution is 5.92. The molecule has 1 N–H and O–H groups in total. The van der Waals surface area contributed by atoms with Crippen molar-refractivity contribution in [3.05, 3.63) is 35.9 Å². The van der Waals surface area contributed by atoms with Crippen molar-refractivity contribution in [2.24, 2.45) is 0 Å². The fourth-order valence-corrected chi connectivity index (χ4v) is 1.21. The maximum Gasteiger partial charge on any atom is 0.339 e. The van der Waals surface area contributed by atoms with Crippen LogP contribution in [0.3, 0.4) is 0 Å². The van der Waals surface area contributed by atoms with Crippen molar-refractivity contribution < 1.29 is 24.2 Å². The fraction of sp³-hybridized carbons (Fsp3) is 0.231. The van der Waals surface area contributed by atoms with Crippen LogP contribution in [0.4, 0.5) is 0 Å². The Morgan fingerprint density at radius 3 is 2.47 bits per heavy atom. The summed E-state index contributed by atoms with van der Waals surface area (Å²) in [6, 6.07) is 4.09. The van der Waals surface area contributed by atoms with Crippen LogP contribution in [-0.4, -0.2) is 23.7 Å². The molecule has 19 heavy (non-hydrogen) atoms. The number of benzene rings is 1. The van der Waals surface area contributed by atoms with Gasteiger partial charge in [-0.05, 0) is 26.0 Å². The summed E-state index contributed by atoms with van der Waals surface area (Å²) in [5.41, 5.74) is 0.280. The first kappa shape index (κ1) is 17.0. The molecule has 0 aliphatic rings. The summed E-state index contributed by atoms with van der Waals surface area (Å²) in [4.78, 5) is 22.3. The van der Waals surface area contributed by atoms with Crippen molar-refractivity contribution in [2.75, 3.05) is 6.61 Å². The van der Waals surface area contributed by atoms with E-state index in [2.05, 4.69) is 6.58 Å². The Hall–Kier alpha value is -2.01. The first-order chi connectivity index (χ1) is 8.45. The van der Waals surface area contributed by atoms with E-state index in [9.17, 15) is 9.59 Å². The lowest BCUT2D eigenvalue weighted by molar-refractivity contribution is -0.130. The number of carboxylic acid groups (broad SMARTS) is 1. The van der Waals surface area contributed by atoms with Gasteiger partial charge in [-0.2, -0.15) is 0 Å². The number of carbonyl (C=O) groups excluding carboxylic acids is 1. The van der Waals surface area contributed by atoms with E-state index in [1.54, 1.807) is 6.92 Å². The van der Waals surface area contributed by atoms with Crippen LogP contribution in [0.5, 0.6) is 11.5 Å². The molecule has 0 spiro atoms. The highest BCUT2D eigenvalue weighted by Crippen LogP contribution is 2.25. The van der Waals surface area contributed by atoms with Crippen LogP contribution in [0.25, 0.3) is 0 Å². The third-order valence-corrected chi connectivity index (χ3v) is 2.04. The van der Waals surface area contributed by atoms with Gasteiger partial charge < -0.3 is 14.6 Å². The van der Waals surface area contributed by atoms with Crippen molar-refractivity contribution in [3.63, 3.8) is 0 Å². The SMILES string of the molecule is C=C(C)C(=O)Oc1ccc(C(=O)O)c(OCC)c1.Cl. The summed E-state index contributed by atoms with van der Waals surface area (Å²) in [6.45, 7) is 7.03. The van der Waals surface area contributed by atoms with E-state index < -0.39 is 11.9 Å². The van der Waals surface area contributed by atoms with Gasteiger partial charge in [0.05, 0.1) is 6.61 Å². The zero-order valence-electron chi connectivity index (χ0n) is 10.6. The van der Waals surface area contributed by atoms with E-state index in [0.29, 0.717) is 6.61 Å². The minimum atomic E-state index is -1.10. The van der Waals surface area contributed by atoms with Crippen LogP contribution in [0.1, 0.15) is 24.2 Å². The number of hydrogen-bond acceptors (Lipinski definition) is 4. The molecule has 0 atom stereocenters. The molecule has 5 nitrogen and oxygen atoms in total. The van der Waals surface area contributed by atoms with Crippen molar-refractivity contribution >= 4 is 24.3 Å². The molecule has 0 aliphatic carbocycles. The zero-order valence-corrected chi connectivity index (χ0v) is 11.5. The Morgan fingerprint density at radius 1 is 1.37 bits per heavy atom. The lowest BCUT2D eigenvalue weighted by atomic mass is 10.2. The third-order valence-electron chi connectivity index (χ3n) is 2.04. The van der Waals surface area contributed by atoms with Gasteiger partial charge in [-0.15, -0.1) is 12.4 Å². The van der Waals surface area contributed by atoms with Crippen LogP contribution >= 0.6 is 12.4 Å². The summed E-state index contributed by atoms with van der Waals surface area (Å²) in [5, 5.41) is 8.95. The van der Waals surface area contributed by atoms with Gasteiger partial charge in [0.2, 0.25) is 0 Å². The van der Waals surface area contributed by atoms with Gasteiger partial charge in [0.15, 0.2) is 0 Å². The number of halogens is 1. The summed E-state index contributed by atoms with van der Waals surface area (Å²) in [5.74, 6) is -1.29. The largest absolute Gasteiger partial charge is 0.493 e. The Kier molecular flexibility index (Phi) is 6.64. The van der Waals surface area contributed by atoms with Gasteiger partial charge >= 0.3 is 11.9 Å². The predicted molar refractivity (Wildman–Crippen MR) is 72.3 cm³/mol. The van der Waals surface area contributed by atoms with E-state index in [1.807, 2.05) is 0 Å². The smallest absolute Gasteiger partial charge is 0.339 e. The summed E-state index contributed by atoms with van der Waals surface area (Å²) >= 11 is 0. The van der Waals surface area contributed by atoms with Crippen LogP contribution in [0, 0.1) is 0 Å². The molecule has 0 saturated carbocycles. The van der Waals surface area contributed by atoms with Gasteiger partial charge in [0.25, 0.3) is 0 Å². The second-order valence-corrected chi connectivity index (χ2v) is 3.57. The number of esters is 1. The summed E-state index contributed by atoms with van der Waals surface area (Å²) in [6.07, 6.45) is 0. The van der Waals surface area contributed by atoms with E-state index in [1.165, 1.54) is 25.1 Å². The fourth-order valence-electron chi connectivity index (χ4n) is 1.21. The van der Waals surface area contributed by atoms with Crippen molar-refractivity contribution in [1.29, 1.82) is 0 Å². The third kappa shape index (κ3) is 4.63. The average molecular weight is 287 g/mol. The summed E-state index contributed by atoms with van der Waals surface area (Å²) < 4.78 is 10.2. The Labute approximate surface area is 117 Å². The first-order valence-corrected chi connectivity index (χ1v) is 5.33. The lowest BCUT2D eigenvalue weighted by Crippen LogP contribution is -2.09. The van der Waals surface area contributed by atoms with Crippen LogP contribution in [0.15, 0.2) is 30.4 Å². The minimum Gasteiger partial charge on any atom is -0.493 e. The van der Waals surface area contributed by atoms with E-state index in [-0.39, 0.29) is 35.0 Å². The average Bonchev–Trinajstić information content (AvgIpc) is 2.29. The second-order valence-electron chi connectivity index (χ2n) is 3.57. The normalized spacial score (nSPS) is 9.16. The van der Waals surface area contributed by atoms with Crippen molar-refractivity contribution in [1.82, 2.24) is 0 Å². The molecule has 0 aliphatic heterocycles. The van der Waals surface area contributed by atoms with Crippen LogP contribution < -0.4 is 9.47 Å². The van der Waals surface area contributed by atoms with Gasteiger partial charge in [-0.3, -0.25) is 0 Å². The monoisotopic (exact) mass is 286 g/mol. The van der Waals surface area contributed by atoms with Gasteiger partial charge in [-0.25, -0.2) is 9.59 Å². The quantitative estimate of drug-likeness (QED) is 0.512. The van der Waals surface area contributed by atoms with E-state index in [0.717, 1.165) is 0 Å². The Bertz CT molecular complexity index is 496. The first-order valence-electron chi connectivity index (χ1n) is 5.33. The molecule has 104 valence electrons. The topological polar surface area (TPSA) is 72.8 Å². The molecule has 1 aromatic carbocycles. The minimum absolute atomic E-state index is 0. The maximum absolute atomic E-state index is 11.3. The van der Waals surface area contributed by atoms with Crippen LogP contribution in [0.2, 0.25) is 0 Å². The molecule has 6 heteroatoms. The second kappa shape index (κ2) is 7.43. The molecule has 0 aromatic heterocycles. The van der Waals surface area contributed by atoms with E-state index >= 15 is 0 Å². The van der Waals surface area contributed by atoms with E-state index in [4.69, 9.17) is 14.6 Å². The van der Waals surface area contributed by atoms with Crippen molar-refractivity contribution in [3.8, 4) is 11.5 Å². The highest BCUT2D eigenvalue weighted by atomic mass is 35.5. The molecule has 1 rings (SSSR count). The molecule has 0 heterocycles. The predicted octanol–water partition coefficient (Wildman–Crippen LogP) is 2.69. The Morgan fingerprint density at radius 2 is 2.00 bits per heavy atom. The molecule has 0 bridgehead atoms. The Balaban J connectivity index is 0.00000324. The molecule has 0 radical (unpaired) electrons. The maximum atomic E-state index is 11.3. The molecule has 0 amide bonds. The number of ether oxygens (including phenoxy) is 2.